The minimum atomic E-state index is -0.195. The van der Waals surface area contributed by atoms with Crippen LogP contribution in [0.1, 0.15) is 38.1 Å². The van der Waals surface area contributed by atoms with Crippen molar-refractivity contribution in [1.29, 1.82) is 0 Å². The highest BCUT2D eigenvalue weighted by molar-refractivity contribution is 7.99. The molecule has 0 bridgehead atoms. The molecule has 1 aliphatic carbocycles. The van der Waals surface area contributed by atoms with Crippen molar-refractivity contribution in [2.45, 2.75) is 57.3 Å². The highest BCUT2D eigenvalue weighted by Crippen LogP contribution is 2.42. The van der Waals surface area contributed by atoms with Crippen LogP contribution in [0.25, 0.3) is 0 Å². The molecule has 4 nitrogen and oxygen atoms in total. The van der Waals surface area contributed by atoms with E-state index in [1.807, 2.05) is 19.9 Å². The smallest absolute Gasteiger partial charge is 0.188 e. The van der Waals surface area contributed by atoms with Gasteiger partial charge in [0, 0.05) is 23.2 Å². The molecule has 0 radical (unpaired) electrons. The molecule has 0 spiro atoms. The first kappa shape index (κ1) is 15.7. The molecule has 1 aromatic heterocycles. The van der Waals surface area contributed by atoms with Crippen LogP contribution < -0.4 is 5.32 Å². The largest absolute Gasteiger partial charge is 0.394 e. The number of hydrogen-bond donors (Lipinski definition) is 2. The summed E-state index contributed by atoms with van der Waals surface area (Å²) >= 11 is 1.65. The summed E-state index contributed by atoms with van der Waals surface area (Å²) in [5.41, 5.74) is 1.80. The SMILES string of the molecule is Cc1cc(C)nc(SCC(CO)(NC(C)C)C2CC2)n1. The van der Waals surface area contributed by atoms with Gasteiger partial charge in [-0.25, -0.2) is 9.97 Å². The standard InChI is InChI=1S/C15H25N3OS/c1-10(2)18-15(8-19,13-5-6-13)9-20-14-16-11(3)7-12(4)17-14/h7,10,13,18-19H,5-6,8-9H2,1-4H3. The van der Waals surface area contributed by atoms with Crippen LogP contribution in [0.5, 0.6) is 0 Å². The molecule has 2 N–H and O–H groups in total. The summed E-state index contributed by atoms with van der Waals surface area (Å²) in [7, 11) is 0. The molecule has 1 aromatic rings. The Morgan fingerprint density at radius 2 is 1.95 bits per heavy atom. The fourth-order valence-corrected chi connectivity index (χ4v) is 3.87. The van der Waals surface area contributed by atoms with E-state index < -0.39 is 0 Å². The van der Waals surface area contributed by atoms with Gasteiger partial charge < -0.3 is 10.4 Å². The maximum atomic E-state index is 9.91. The number of rotatable bonds is 7. The summed E-state index contributed by atoms with van der Waals surface area (Å²) in [5.74, 6) is 1.39. The van der Waals surface area contributed by atoms with Crippen LogP contribution in [0.15, 0.2) is 11.2 Å². The predicted octanol–water partition coefficient (Wildman–Crippen LogP) is 2.32. The number of hydrogen-bond acceptors (Lipinski definition) is 5. The van der Waals surface area contributed by atoms with Crippen LogP contribution >= 0.6 is 11.8 Å². The molecule has 1 aliphatic rings. The third kappa shape index (κ3) is 3.93. The summed E-state index contributed by atoms with van der Waals surface area (Å²) in [5, 5.41) is 14.3. The predicted molar refractivity (Wildman–Crippen MR) is 83.0 cm³/mol. The lowest BCUT2D eigenvalue weighted by Gasteiger charge is -2.35. The van der Waals surface area contributed by atoms with Crippen molar-refractivity contribution in [3.63, 3.8) is 0 Å². The molecular weight excluding hydrogens is 270 g/mol. The van der Waals surface area contributed by atoms with E-state index >= 15 is 0 Å². The first-order valence-electron chi connectivity index (χ1n) is 7.29. The van der Waals surface area contributed by atoms with E-state index in [1.54, 1.807) is 11.8 Å². The van der Waals surface area contributed by atoms with Gasteiger partial charge in [-0.15, -0.1) is 0 Å². The zero-order valence-electron chi connectivity index (χ0n) is 12.8. The molecule has 0 aromatic carbocycles. The van der Waals surface area contributed by atoms with Gasteiger partial charge in [0.25, 0.3) is 0 Å². The molecular formula is C15H25N3OS. The molecule has 1 saturated carbocycles. The average Bonchev–Trinajstić information content (AvgIpc) is 3.17. The summed E-state index contributed by atoms with van der Waals surface area (Å²) in [6.07, 6.45) is 2.41. The lowest BCUT2D eigenvalue weighted by Crippen LogP contribution is -2.55. The summed E-state index contributed by atoms with van der Waals surface area (Å²) < 4.78 is 0. The lowest BCUT2D eigenvalue weighted by atomic mass is 9.95. The number of nitrogens with zero attached hydrogens (tertiary/aromatic N) is 2. The van der Waals surface area contributed by atoms with Crippen molar-refractivity contribution >= 4 is 11.8 Å². The highest BCUT2D eigenvalue weighted by Gasteiger charge is 2.45. The zero-order valence-corrected chi connectivity index (χ0v) is 13.6. The Morgan fingerprint density at radius 1 is 1.35 bits per heavy atom. The normalized spacial score (nSPS) is 18.3. The van der Waals surface area contributed by atoms with Gasteiger partial charge in [-0.05, 0) is 38.7 Å². The van der Waals surface area contributed by atoms with E-state index in [9.17, 15) is 5.11 Å². The Morgan fingerprint density at radius 3 is 2.40 bits per heavy atom. The molecule has 1 fully saturated rings. The van der Waals surface area contributed by atoms with Crippen molar-refractivity contribution in [2.75, 3.05) is 12.4 Å². The maximum Gasteiger partial charge on any atom is 0.188 e. The van der Waals surface area contributed by atoms with Gasteiger partial charge in [0.1, 0.15) is 0 Å². The zero-order chi connectivity index (χ0) is 14.8. The number of thioether (sulfide) groups is 1. The number of aliphatic hydroxyl groups excluding tert-OH is 1. The molecule has 112 valence electrons. The molecule has 1 unspecified atom stereocenters. The first-order chi connectivity index (χ1) is 9.45. The van der Waals surface area contributed by atoms with Crippen LogP contribution in [-0.4, -0.2) is 39.0 Å². The molecule has 5 heteroatoms. The number of aliphatic hydroxyl groups is 1. The van der Waals surface area contributed by atoms with E-state index in [0.717, 1.165) is 22.3 Å². The third-order valence-electron chi connectivity index (χ3n) is 3.64. The van der Waals surface area contributed by atoms with Crippen molar-refractivity contribution in [3.8, 4) is 0 Å². The average molecular weight is 295 g/mol. The lowest BCUT2D eigenvalue weighted by molar-refractivity contribution is 0.150. The van der Waals surface area contributed by atoms with E-state index in [-0.39, 0.29) is 12.1 Å². The Bertz CT molecular complexity index is 442. The minimum Gasteiger partial charge on any atom is -0.394 e. The summed E-state index contributed by atoms with van der Waals surface area (Å²) in [6, 6.07) is 2.35. The minimum absolute atomic E-state index is 0.174. The van der Waals surface area contributed by atoms with E-state index in [0.29, 0.717) is 12.0 Å². The molecule has 2 rings (SSSR count). The molecule has 1 atom stereocenters. The maximum absolute atomic E-state index is 9.91. The van der Waals surface area contributed by atoms with Crippen LogP contribution in [0, 0.1) is 19.8 Å². The second-order valence-electron chi connectivity index (χ2n) is 6.11. The monoisotopic (exact) mass is 295 g/mol. The van der Waals surface area contributed by atoms with Crippen LogP contribution in [0.4, 0.5) is 0 Å². The number of aromatic nitrogens is 2. The van der Waals surface area contributed by atoms with Gasteiger partial charge in [0.05, 0.1) is 12.1 Å². The molecule has 0 aliphatic heterocycles. The molecule has 20 heavy (non-hydrogen) atoms. The van der Waals surface area contributed by atoms with Crippen LogP contribution in [-0.2, 0) is 0 Å². The van der Waals surface area contributed by atoms with Gasteiger partial charge in [0.15, 0.2) is 5.16 Å². The molecule has 0 amide bonds. The van der Waals surface area contributed by atoms with Crippen molar-refractivity contribution in [3.05, 3.63) is 17.5 Å². The second kappa shape index (κ2) is 6.41. The molecule has 1 heterocycles. The Labute approximate surface area is 125 Å². The summed E-state index contributed by atoms with van der Waals surface area (Å²) in [4.78, 5) is 8.95. The van der Waals surface area contributed by atoms with E-state index in [1.165, 1.54) is 12.8 Å². The fourth-order valence-electron chi connectivity index (χ4n) is 2.66. The Hall–Kier alpha value is -0.650. The van der Waals surface area contributed by atoms with Crippen molar-refractivity contribution in [1.82, 2.24) is 15.3 Å². The quantitative estimate of drug-likeness (QED) is 0.597. The highest BCUT2D eigenvalue weighted by atomic mass is 32.2. The number of nitrogens with one attached hydrogen (secondary N) is 1. The Kier molecular flexibility index (Phi) is 5.04. The van der Waals surface area contributed by atoms with E-state index in [4.69, 9.17) is 0 Å². The second-order valence-corrected chi connectivity index (χ2v) is 7.05. The molecule has 0 saturated heterocycles. The fraction of sp³-hybridized carbons (Fsp3) is 0.733. The first-order valence-corrected chi connectivity index (χ1v) is 8.27. The topological polar surface area (TPSA) is 58.0 Å². The third-order valence-corrected chi connectivity index (χ3v) is 4.74. The van der Waals surface area contributed by atoms with Gasteiger partial charge >= 0.3 is 0 Å². The van der Waals surface area contributed by atoms with Crippen LogP contribution in [0.2, 0.25) is 0 Å². The van der Waals surface area contributed by atoms with Crippen LogP contribution in [0.3, 0.4) is 0 Å². The summed E-state index contributed by atoms with van der Waals surface area (Å²) in [6.45, 7) is 8.42. The van der Waals surface area contributed by atoms with Gasteiger partial charge in [0.2, 0.25) is 0 Å². The van der Waals surface area contributed by atoms with Gasteiger partial charge in [-0.2, -0.15) is 0 Å². The van der Waals surface area contributed by atoms with E-state index in [2.05, 4.69) is 29.1 Å². The van der Waals surface area contributed by atoms with Crippen molar-refractivity contribution in [2.24, 2.45) is 5.92 Å². The van der Waals surface area contributed by atoms with Crippen molar-refractivity contribution < 1.29 is 5.11 Å². The van der Waals surface area contributed by atoms with Gasteiger partial charge in [-0.3, -0.25) is 0 Å². The van der Waals surface area contributed by atoms with Gasteiger partial charge in [-0.1, -0.05) is 25.6 Å². The Balaban J connectivity index is 2.08. The number of aryl methyl sites for hydroxylation is 2.